The van der Waals surface area contributed by atoms with Gasteiger partial charge in [-0.15, -0.1) is 0 Å². The lowest BCUT2D eigenvalue weighted by Gasteiger charge is -2.27. The highest BCUT2D eigenvalue weighted by Crippen LogP contribution is 2.26. The van der Waals surface area contributed by atoms with E-state index >= 15 is 0 Å². The minimum Gasteiger partial charge on any atom is -0.508 e. The number of rotatable bonds is 4. The number of phenols is 1. The Morgan fingerprint density at radius 3 is 2.23 bits per heavy atom. The van der Waals surface area contributed by atoms with Crippen molar-refractivity contribution in [3.8, 4) is 5.75 Å². The van der Waals surface area contributed by atoms with E-state index in [0.29, 0.717) is 29.8 Å². The fourth-order valence-electron chi connectivity index (χ4n) is 3.87. The third-order valence-electron chi connectivity index (χ3n) is 5.91. The molecule has 0 saturated carbocycles. The predicted molar refractivity (Wildman–Crippen MR) is 122 cm³/mol. The van der Waals surface area contributed by atoms with Crippen LogP contribution in [0, 0.1) is 13.8 Å². The zero-order valence-corrected chi connectivity index (χ0v) is 17.8. The van der Waals surface area contributed by atoms with Crippen molar-refractivity contribution in [3.63, 3.8) is 0 Å². The normalized spacial score (nSPS) is 13.6. The van der Waals surface area contributed by atoms with E-state index in [1.165, 1.54) is 0 Å². The molecule has 0 atom stereocenters. The maximum atomic E-state index is 13.3. The molecule has 1 N–H and O–H groups in total. The molecule has 1 amide bonds. The van der Waals surface area contributed by atoms with Crippen molar-refractivity contribution in [1.82, 2.24) is 4.90 Å². The Morgan fingerprint density at radius 1 is 0.871 bits per heavy atom. The van der Waals surface area contributed by atoms with Crippen molar-refractivity contribution in [3.05, 3.63) is 106 Å². The standard InChI is InChI=1S/C27H25NO3/c1-18-7-8-22(17-19(18)2)26(30)24-5-3-4-6-25(24)27(31)28-15-13-21(14-16-28)20-9-11-23(29)12-10-20/h3-13,17,29H,14-16H2,1-2H3. The minimum absolute atomic E-state index is 0.131. The summed E-state index contributed by atoms with van der Waals surface area (Å²) in [6, 6.07) is 19.8. The zero-order chi connectivity index (χ0) is 22.0. The Kier molecular flexibility index (Phi) is 5.72. The molecule has 4 rings (SSSR count). The number of hydrogen-bond donors (Lipinski definition) is 1. The van der Waals surface area contributed by atoms with E-state index in [1.54, 1.807) is 41.3 Å². The molecule has 1 aliphatic rings. The number of ketones is 1. The summed E-state index contributed by atoms with van der Waals surface area (Å²) >= 11 is 0. The van der Waals surface area contributed by atoms with E-state index < -0.39 is 0 Å². The molecule has 0 radical (unpaired) electrons. The lowest BCUT2D eigenvalue weighted by Crippen LogP contribution is -2.35. The van der Waals surface area contributed by atoms with E-state index in [2.05, 4.69) is 0 Å². The molecule has 1 aliphatic heterocycles. The fraction of sp³-hybridized carbons (Fsp3) is 0.185. The molecule has 0 fully saturated rings. The van der Waals surface area contributed by atoms with E-state index in [9.17, 15) is 14.7 Å². The maximum Gasteiger partial charge on any atom is 0.254 e. The molecule has 3 aromatic rings. The van der Waals surface area contributed by atoms with Crippen molar-refractivity contribution in [2.75, 3.05) is 13.1 Å². The van der Waals surface area contributed by atoms with Crippen LogP contribution in [0.15, 0.2) is 72.8 Å². The number of amides is 1. The van der Waals surface area contributed by atoms with Crippen LogP contribution in [-0.2, 0) is 0 Å². The number of nitrogens with zero attached hydrogens (tertiary/aromatic N) is 1. The van der Waals surface area contributed by atoms with Crippen molar-refractivity contribution in [2.24, 2.45) is 0 Å². The van der Waals surface area contributed by atoms with Gasteiger partial charge in [-0.2, -0.15) is 0 Å². The first-order valence-corrected chi connectivity index (χ1v) is 10.4. The number of aromatic hydroxyl groups is 1. The van der Waals surface area contributed by atoms with Crippen molar-refractivity contribution in [2.45, 2.75) is 20.3 Å². The largest absolute Gasteiger partial charge is 0.508 e. The monoisotopic (exact) mass is 411 g/mol. The number of carbonyl (C=O) groups is 2. The molecule has 0 spiro atoms. The van der Waals surface area contributed by atoms with E-state index in [4.69, 9.17) is 0 Å². The molecular formula is C27H25NO3. The third kappa shape index (κ3) is 4.29. The zero-order valence-electron chi connectivity index (χ0n) is 17.8. The Bertz CT molecular complexity index is 1180. The first kappa shape index (κ1) is 20.6. The smallest absolute Gasteiger partial charge is 0.254 e. The van der Waals surface area contributed by atoms with Crippen LogP contribution in [0.25, 0.3) is 5.57 Å². The van der Waals surface area contributed by atoms with Gasteiger partial charge in [-0.1, -0.05) is 48.5 Å². The second kappa shape index (κ2) is 8.60. The van der Waals surface area contributed by atoms with Gasteiger partial charge in [-0.25, -0.2) is 0 Å². The van der Waals surface area contributed by atoms with Gasteiger partial charge in [-0.05, 0) is 66.8 Å². The second-order valence-corrected chi connectivity index (χ2v) is 7.95. The van der Waals surface area contributed by atoms with Crippen LogP contribution < -0.4 is 0 Å². The summed E-state index contributed by atoms with van der Waals surface area (Å²) in [5.74, 6) is -0.0276. The van der Waals surface area contributed by atoms with E-state index in [0.717, 1.165) is 28.7 Å². The summed E-state index contributed by atoms with van der Waals surface area (Å²) in [4.78, 5) is 28.2. The fourth-order valence-corrected chi connectivity index (χ4v) is 3.87. The van der Waals surface area contributed by atoms with Crippen LogP contribution in [0.4, 0.5) is 0 Å². The molecule has 4 nitrogen and oxygen atoms in total. The van der Waals surface area contributed by atoms with Gasteiger partial charge in [0.05, 0.1) is 5.56 Å². The Morgan fingerprint density at radius 2 is 1.58 bits per heavy atom. The topological polar surface area (TPSA) is 57.6 Å². The Hall–Kier alpha value is -3.66. The van der Waals surface area contributed by atoms with Gasteiger partial charge in [0, 0.05) is 24.2 Å². The van der Waals surface area contributed by atoms with Crippen molar-refractivity contribution >= 4 is 17.3 Å². The van der Waals surface area contributed by atoms with Crippen LogP contribution in [0.3, 0.4) is 0 Å². The average Bonchev–Trinajstić information content (AvgIpc) is 2.80. The molecule has 1 heterocycles. The summed E-state index contributed by atoms with van der Waals surface area (Å²) in [6.45, 7) is 5.06. The Balaban J connectivity index is 1.57. The lowest BCUT2D eigenvalue weighted by atomic mass is 9.94. The van der Waals surface area contributed by atoms with Gasteiger partial charge in [0.2, 0.25) is 0 Å². The number of carbonyl (C=O) groups excluding carboxylic acids is 2. The predicted octanol–water partition coefficient (Wildman–Crippen LogP) is 5.17. The number of phenolic OH excluding ortho intramolecular Hbond substituents is 1. The molecule has 0 aliphatic carbocycles. The van der Waals surface area contributed by atoms with Crippen LogP contribution in [0.5, 0.6) is 5.75 Å². The summed E-state index contributed by atoms with van der Waals surface area (Å²) in [6.07, 6.45) is 2.77. The van der Waals surface area contributed by atoms with Crippen molar-refractivity contribution < 1.29 is 14.7 Å². The minimum atomic E-state index is -0.135. The molecule has 4 heteroatoms. The third-order valence-corrected chi connectivity index (χ3v) is 5.91. The van der Waals surface area contributed by atoms with Gasteiger partial charge in [0.15, 0.2) is 5.78 Å². The number of aryl methyl sites for hydroxylation is 2. The van der Waals surface area contributed by atoms with Crippen LogP contribution in [0.2, 0.25) is 0 Å². The van der Waals surface area contributed by atoms with Gasteiger partial charge < -0.3 is 10.0 Å². The molecule has 3 aromatic carbocycles. The van der Waals surface area contributed by atoms with Gasteiger partial charge in [-0.3, -0.25) is 9.59 Å². The quantitative estimate of drug-likeness (QED) is 0.603. The lowest BCUT2D eigenvalue weighted by molar-refractivity contribution is 0.0768. The summed E-state index contributed by atoms with van der Waals surface area (Å²) in [5, 5.41) is 9.48. The highest BCUT2D eigenvalue weighted by atomic mass is 16.3. The summed E-state index contributed by atoms with van der Waals surface area (Å²) < 4.78 is 0. The maximum absolute atomic E-state index is 13.3. The first-order valence-electron chi connectivity index (χ1n) is 10.4. The summed E-state index contributed by atoms with van der Waals surface area (Å²) in [5.41, 5.74) is 5.86. The van der Waals surface area contributed by atoms with Crippen LogP contribution >= 0.6 is 0 Å². The number of hydrogen-bond acceptors (Lipinski definition) is 3. The van der Waals surface area contributed by atoms with Gasteiger partial charge >= 0.3 is 0 Å². The Labute approximate surface area is 182 Å². The SMILES string of the molecule is Cc1ccc(C(=O)c2ccccc2C(=O)N2CC=C(c3ccc(O)cc3)CC2)cc1C. The van der Waals surface area contributed by atoms with Crippen LogP contribution in [-0.4, -0.2) is 34.8 Å². The average molecular weight is 412 g/mol. The molecule has 0 aromatic heterocycles. The number of benzene rings is 3. The second-order valence-electron chi connectivity index (χ2n) is 7.95. The first-order chi connectivity index (χ1) is 14.9. The molecule has 0 bridgehead atoms. The molecule has 0 saturated heterocycles. The van der Waals surface area contributed by atoms with Gasteiger partial charge in [0.25, 0.3) is 5.91 Å². The van der Waals surface area contributed by atoms with Gasteiger partial charge in [0.1, 0.15) is 5.75 Å². The van der Waals surface area contributed by atoms with Crippen molar-refractivity contribution in [1.29, 1.82) is 0 Å². The van der Waals surface area contributed by atoms with Crippen LogP contribution in [0.1, 0.15) is 49.4 Å². The van der Waals surface area contributed by atoms with E-state index in [1.807, 2.05) is 50.3 Å². The molecule has 156 valence electrons. The highest BCUT2D eigenvalue weighted by molar-refractivity contribution is 6.15. The highest BCUT2D eigenvalue weighted by Gasteiger charge is 2.24. The summed E-state index contributed by atoms with van der Waals surface area (Å²) in [7, 11) is 0. The molecule has 0 unspecified atom stereocenters. The molecule has 31 heavy (non-hydrogen) atoms. The van der Waals surface area contributed by atoms with E-state index in [-0.39, 0.29) is 17.4 Å². The molecular weight excluding hydrogens is 386 g/mol.